The topological polar surface area (TPSA) is 156 Å². The summed E-state index contributed by atoms with van der Waals surface area (Å²) >= 11 is 0. The average Bonchev–Trinajstić information content (AvgIpc) is 3.30. The van der Waals surface area contributed by atoms with E-state index in [-0.39, 0.29) is 42.0 Å². The molecule has 0 saturated carbocycles. The average molecular weight is 483 g/mol. The number of nitrogens with zero attached hydrogens (tertiary/aromatic N) is 3. The Hall–Kier alpha value is -4.15. The third kappa shape index (κ3) is 5.86. The second kappa shape index (κ2) is 10.9. The molecule has 1 amide bonds. The molecule has 0 atom stereocenters. The van der Waals surface area contributed by atoms with Crippen molar-refractivity contribution in [1.82, 2.24) is 19.7 Å². The number of amides is 1. The number of aromatic nitrogens is 4. The summed E-state index contributed by atoms with van der Waals surface area (Å²) in [6, 6.07) is 9.10. The molecule has 0 spiro atoms. The lowest BCUT2D eigenvalue weighted by Gasteiger charge is -2.26. The molecule has 0 fully saturated rings. The van der Waals surface area contributed by atoms with Crippen LogP contribution in [0.15, 0.2) is 46.1 Å². The molecule has 35 heavy (non-hydrogen) atoms. The molecule has 2 aromatic heterocycles. The fraction of sp³-hybridized carbons (Fsp3) is 0.375. The normalized spacial score (nSPS) is 11.1. The number of hydrogen-bond acceptors (Lipinski definition) is 7. The van der Waals surface area contributed by atoms with Gasteiger partial charge in [0.15, 0.2) is 12.3 Å². The predicted molar refractivity (Wildman–Crippen MR) is 131 cm³/mol. The standard InChI is InChI=1S/C24H30N6O5/c1-14(2)11-29(18(31)13-35-23(33)17-10-26-28-19(17)15(3)4)20-21(25)30(24(34)27-22(20)32)12-16-8-6-5-7-9-16/h5-10,14-15H,11-13,25H2,1-4H3,(H,26,28)(H,27,32,34). The number of nitrogen functional groups attached to an aromatic ring is 1. The number of H-pyrrole nitrogens is 2. The highest BCUT2D eigenvalue weighted by atomic mass is 16.5. The van der Waals surface area contributed by atoms with Crippen LogP contribution < -0.4 is 21.9 Å². The number of nitrogens with two attached hydrogens (primary N) is 1. The minimum atomic E-state index is -0.797. The van der Waals surface area contributed by atoms with E-state index in [1.165, 1.54) is 10.8 Å². The van der Waals surface area contributed by atoms with Crippen LogP contribution in [0.2, 0.25) is 0 Å². The third-order valence-electron chi connectivity index (χ3n) is 5.31. The molecule has 2 heterocycles. The van der Waals surface area contributed by atoms with E-state index < -0.39 is 29.7 Å². The van der Waals surface area contributed by atoms with Gasteiger partial charge in [0.2, 0.25) is 0 Å². The van der Waals surface area contributed by atoms with Gasteiger partial charge in [-0.1, -0.05) is 58.0 Å². The number of hydrogen-bond donors (Lipinski definition) is 3. The maximum Gasteiger partial charge on any atom is 0.342 e. The minimum absolute atomic E-state index is 0.00258. The van der Waals surface area contributed by atoms with Gasteiger partial charge in [0.1, 0.15) is 11.4 Å². The highest BCUT2D eigenvalue weighted by Gasteiger charge is 2.27. The molecule has 0 radical (unpaired) electrons. The zero-order valence-electron chi connectivity index (χ0n) is 20.2. The van der Waals surface area contributed by atoms with Crippen LogP contribution in [0.3, 0.4) is 0 Å². The molecule has 0 saturated heterocycles. The summed E-state index contributed by atoms with van der Waals surface area (Å²) in [5, 5.41) is 6.63. The molecular formula is C24H30N6O5. The Morgan fingerprint density at radius 2 is 1.83 bits per heavy atom. The summed E-state index contributed by atoms with van der Waals surface area (Å²) in [7, 11) is 0. The number of anilines is 2. The van der Waals surface area contributed by atoms with Crippen molar-refractivity contribution in [2.24, 2.45) is 5.92 Å². The molecule has 4 N–H and O–H groups in total. The fourth-order valence-corrected chi connectivity index (χ4v) is 3.63. The van der Waals surface area contributed by atoms with Crippen LogP contribution in [0.4, 0.5) is 11.5 Å². The summed E-state index contributed by atoms with van der Waals surface area (Å²) < 4.78 is 6.43. The maximum absolute atomic E-state index is 13.2. The highest BCUT2D eigenvalue weighted by Crippen LogP contribution is 2.20. The predicted octanol–water partition coefficient (Wildman–Crippen LogP) is 1.86. The lowest BCUT2D eigenvalue weighted by molar-refractivity contribution is -0.121. The Morgan fingerprint density at radius 1 is 1.14 bits per heavy atom. The highest BCUT2D eigenvalue weighted by molar-refractivity contribution is 5.98. The van der Waals surface area contributed by atoms with Crippen LogP contribution in [-0.4, -0.2) is 44.8 Å². The minimum Gasteiger partial charge on any atom is -0.452 e. The zero-order valence-corrected chi connectivity index (χ0v) is 20.2. The largest absolute Gasteiger partial charge is 0.452 e. The Balaban J connectivity index is 1.91. The second-order valence-electron chi connectivity index (χ2n) is 8.89. The van der Waals surface area contributed by atoms with Crippen molar-refractivity contribution in [1.29, 1.82) is 0 Å². The first-order valence-corrected chi connectivity index (χ1v) is 11.3. The lowest BCUT2D eigenvalue weighted by Crippen LogP contribution is -2.44. The molecule has 0 bridgehead atoms. The molecule has 0 aliphatic heterocycles. The first kappa shape index (κ1) is 25.5. The zero-order chi connectivity index (χ0) is 25.7. The second-order valence-corrected chi connectivity index (χ2v) is 8.89. The number of rotatable bonds is 9. The lowest BCUT2D eigenvalue weighted by atomic mass is 10.1. The SMILES string of the molecule is CC(C)CN(C(=O)COC(=O)c1cn[nH]c1C(C)C)c1c(N)n(Cc2ccccc2)c(=O)[nH]c1=O. The number of ether oxygens (including phenoxy) is 1. The van der Waals surface area contributed by atoms with E-state index in [9.17, 15) is 19.2 Å². The van der Waals surface area contributed by atoms with Crippen molar-refractivity contribution in [2.75, 3.05) is 23.8 Å². The van der Waals surface area contributed by atoms with Gasteiger partial charge in [-0.2, -0.15) is 5.10 Å². The third-order valence-corrected chi connectivity index (χ3v) is 5.31. The van der Waals surface area contributed by atoms with Crippen molar-refractivity contribution in [2.45, 2.75) is 40.2 Å². The van der Waals surface area contributed by atoms with Crippen molar-refractivity contribution in [3.05, 3.63) is 74.2 Å². The van der Waals surface area contributed by atoms with Gasteiger partial charge in [-0.15, -0.1) is 0 Å². The van der Waals surface area contributed by atoms with Crippen molar-refractivity contribution in [3.8, 4) is 0 Å². The van der Waals surface area contributed by atoms with Gasteiger partial charge in [0, 0.05) is 6.54 Å². The molecule has 0 aliphatic carbocycles. The smallest absolute Gasteiger partial charge is 0.342 e. The number of esters is 1. The number of carbonyl (C=O) groups excluding carboxylic acids is 2. The van der Waals surface area contributed by atoms with E-state index in [1.54, 1.807) is 0 Å². The fourth-order valence-electron chi connectivity index (χ4n) is 3.63. The quantitative estimate of drug-likeness (QED) is 0.393. The first-order valence-electron chi connectivity index (χ1n) is 11.3. The summed E-state index contributed by atoms with van der Waals surface area (Å²) in [6.07, 6.45) is 1.34. The molecule has 0 aliphatic rings. The number of benzene rings is 1. The van der Waals surface area contributed by atoms with Crippen LogP contribution in [-0.2, 0) is 16.1 Å². The number of carbonyl (C=O) groups is 2. The molecule has 186 valence electrons. The number of nitrogens with one attached hydrogen (secondary N) is 2. The Morgan fingerprint density at radius 3 is 2.46 bits per heavy atom. The Bertz CT molecular complexity index is 1310. The van der Waals surface area contributed by atoms with E-state index in [0.29, 0.717) is 5.69 Å². The van der Waals surface area contributed by atoms with Gasteiger partial charge < -0.3 is 15.4 Å². The van der Waals surface area contributed by atoms with Gasteiger partial charge in [0.05, 0.1) is 18.4 Å². The van der Waals surface area contributed by atoms with E-state index in [0.717, 1.165) is 10.5 Å². The van der Waals surface area contributed by atoms with E-state index in [1.807, 2.05) is 58.0 Å². The van der Waals surface area contributed by atoms with E-state index >= 15 is 0 Å². The monoisotopic (exact) mass is 482 g/mol. The maximum atomic E-state index is 13.2. The van der Waals surface area contributed by atoms with Crippen molar-refractivity contribution in [3.63, 3.8) is 0 Å². The van der Waals surface area contributed by atoms with E-state index in [4.69, 9.17) is 10.5 Å². The molecule has 11 nitrogen and oxygen atoms in total. The first-order chi connectivity index (χ1) is 16.6. The van der Waals surface area contributed by atoms with Gasteiger partial charge in [0.25, 0.3) is 11.5 Å². The number of aromatic amines is 2. The molecule has 1 aromatic carbocycles. The summed E-state index contributed by atoms with van der Waals surface area (Å²) in [4.78, 5) is 54.4. The molecular weight excluding hydrogens is 452 g/mol. The van der Waals surface area contributed by atoms with Gasteiger partial charge >= 0.3 is 11.7 Å². The van der Waals surface area contributed by atoms with Gasteiger partial charge in [-0.3, -0.25) is 24.2 Å². The van der Waals surface area contributed by atoms with Crippen molar-refractivity contribution < 1.29 is 14.3 Å². The van der Waals surface area contributed by atoms with Gasteiger partial charge in [-0.25, -0.2) is 9.59 Å². The molecule has 3 aromatic rings. The molecule has 0 unspecified atom stereocenters. The van der Waals surface area contributed by atoms with Crippen LogP contribution in [0.5, 0.6) is 0 Å². The van der Waals surface area contributed by atoms with Crippen LogP contribution >= 0.6 is 0 Å². The Kier molecular flexibility index (Phi) is 7.90. The van der Waals surface area contributed by atoms with E-state index in [2.05, 4.69) is 15.2 Å². The molecule has 3 rings (SSSR count). The molecule has 11 heteroatoms. The van der Waals surface area contributed by atoms with Crippen molar-refractivity contribution >= 4 is 23.4 Å². The van der Waals surface area contributed by atoms with Crippen LogP contribution in [0.1, 0.15) is 55.2 Å². The summed E-state index contributed by atoms with van der Waals surface area (Å²) in [6.45, 7) is 7.10. The van der Waals surface area contributed by atoms with Crippen LogP contribution in [0, 0.1) is 5.92 Å². The Labute approximate surface area is 201 Å². The van der Waals surface area contributed by atoms with Crippen LogP contribution in [0.25, 0.3) is 0 Å². The van der Waals surface area contributed by atoms with Gasteiger partial charge in [-0.05, 0) is 17.4 Å². The summed E-state index contributed by atoms with van der Waals surface area (Å²) in [5.41, 5.74) is 6.22. The summed E-state index contributed by atoms with van der Waals surface area (Å²) in [5.74, 6) is -1.57.